The smallest absolute Gasteiger partial charge is 0.194 e. The molecule has 5 heteroatoms. The second-order valence-corrected chi connectivity index (χ2v) is 8.44. The maximum atomic E-state index is 12.8. The number of carbonyl (C=O) groups excluding carboxylic acids is 1. The van der Waals surface area contributed by atoms with Crippen LogP contribution in [0.2, 0.25) is 0 Å². The molecule has 0 saturated carbocycles. The van der Waals surface area contributed by atoms with E-state index in [1.165, 1.54) is 17.6 Å². The van der Waals surface area contributed by atoms with E-state index in [4.69, 9.17) is 0 Å². The SMILES string of the molecule is CS(=O)(=O)Cc1sc2ccccc2c1C(=O)c1ccccc1. The quantitative estimate of drug-likeness (QED) is 0.686. The number of fused-ring (bicyclic) bond motifs is 1. The molecule has 0 unspecified atom stereocenters. The summed E-state index contributed by atoms with van der Waals surface area (Å²) < 4.78 is 24.3. The van der Waals surface area contributed by atoms with E-state index in [0.29, 0.717) is 16.0 Å². The van der Waals surface area contributed by atoms with E-state index < -0.39 is 9.84 Å². The van der Waals surface area contributed by atoms with Crippen molar-refractivity contribution in [3.63, 3.8) is 0 Å². The molecule has 3 aromatic rings. The molecule has 0 radical (unpaired) electrons. The van der Waals surface area contributed by atoms with Gasteiger partial charge in [-0.25, -0.2) is 8.42 Å². The van der Waals surface area contributed by atoms with Crippen LogP contribution in [0.5, 0.6) is 0 Å². The highest BCUT2D eigenvalue weighted by Gasteiger charge is 2.22. The van der Waals surface area contributed by atoms with Crippen LogP contribution in [0.25, 0.3) is 10.1 Å². The van der Waals surface area contributed by atoms with Gasteiger partial charge in [0.1, 0.15) is 0 Å². The fraction of sp³-hybridized carbons (Fsp3) is 0.118. The van der Waals surface area contributed by atoms with Gasteiger partial charge in [-0.1, -0.05) is 48.5 Å². The molecule has 3 rings (SSSR count). The van der Waals surface area contributed by atoms with Crippen LogP contribution in [0, 0.1) is 0 Å². The average molecular weight is 330 g/mol. The summed E-state index contributed by atoms with van der Waals surface area (Å²) in [6, 6.07) is 16.5. The fourth-order valence-electron chi connectivity index (χ4n) is 2.42. The highest BCUT2D eigenvalue weighted by Crippen LogP contribution is 2.34. The molecule has 0 fully saturated rings. The summed E-state index contributed by atoms with van der Waals surface area (Å²) in [6.45, 7) is 0. The molecule has 1 aromatic heterocycles. The van der Waals surface area contributed by atoms with E-state index >= 15 is 0 Å². The lowest BCUT2D eigenvalue weighted by molar-refractivity contribution is 0.104. The molecule has 0 atom stereocenters. The molecular formula is C17H14O3S2. The van der Waals surface area contributed by atoms with Crippen LogP contribution in [0.15, 0.2) is 54.6 Å². The number of ketones is 1. The Kier molecular flexibility index (Phi) is 3.85. The number of benzene rings is 2. The fourth-order valence-corrected chi connectivity index (χ4v) is 4.91. The first-order chi connectivity index (χ1) is 10.5. The number of thiophene rings is 1. The molecule has 0 aliphatic carbocycles. The Morgan fingerprint density at radius 1 is 1.00 bits per heavy atom. The summed E-state index contributed by atoms with van der Waals surface area (Å²) in [5.41, 5.74) is 1.08. The summed E-state index contributed by atoms with van der Waals surface area (Å²) in [7, 11) is -3.20. The van der Waals surface area contributed by atoms with Crippen molar-refractivity contribution in [1.82, 2.24) is 0 Å². The van der Waals surface area contributed by atoms with Gasteiger partial charge in [0.15, 0.2) is 15.6 Å². The summed E-state index contributed by atoms with van der Waals surface area (Å²) in [4.78, 5) is 13.4. The van der Waals surface area contributed by atoms with Gasteiger partial charge in [0.25, 0.3) is 0 Å². The van der Waals surface area contributed by atoms with Crippen LogP contribution >= 0.6 is 11.3 Å². The molecule has 22 heavy (non-hydrogen) atoms. The molecule has 0 spiro atoms. The van der Waals surface area contributed by atoms with Gasteiger partial charge in [-0.15, -0.1) is 11.3 Å². The standard InChI is InChI=1S/C17H14O3S2/c1-22(19,20)11-15-16(13-9-5-6-10-14(13)21-15)17(18)12-7-3-2-4-8-12/h2-10H,11H2,1H3. The van der Waals surface area contributed by atoms with Crippen LogP contribution < -0.4 is 0 Å². The van der Waals surface area contributed by atoms with Gasteiger partial charge in [-0.2, -0.15) is 0 Å². The van der Waals surface area contributed by atoms with Crippen molar-refractivity contribution in [2.24, 2.45) is 0 Å². The van der Waals surface area contributed by atoms with Crippen LogP contribution in [0.1, 0.15) is 20.8 Å². The second kappa shape index (κ2) is 5.66. The van der Waals surface area contributed by atoms with Crippen molar-refractivity contribution in [2.45, 2.75) is 5.75 Å². The Morgan fingerprint density at radius 2 is 1.64 bits per heavy atom. The van der Waals surface area contributed by atoms with Crippen molar-refractivity contribution >= 4 is 37.0 Å². The molecule has 0 aliphatic heterocycles. The molecule has 0 N–H and O–H groups in total. The predicted molar refractivity (Wildman–Crippen MR) is 90.2 cm³/mol. The van der Waals surface area contributed by atoms with Crippen molar-refractivity contribution in [1.29, 1.82) is 0 Å². The summed E-state index contributed by atoms with van der Waals surface area (Å²) in [5, 5.41) is 0.819. The minimum Gasteiger partial charge on any atom is -0.289 e. The highest BCUT2D eigenvalue weighted by atomic mass is 32.2. The van der Waals surface area contributed by atoms with Crippen LogP contribution in [-0.4, -0.2) is 20.5 Å². The molecule has 0 saturated heterocycles. The molecule has 1 heterocycles. The lowest BCUT2D eigenvalue weighted by Gasteiger charge is -2.04. The second-order valence-electron chi connectivity index (χ2n) is 5.16. The first-order valence-electron chi connectivity index (χ1n) is 6.73. The molecule has 0 aliphatic rings. The maximum Gasteiger partial charge on any atom is 0.194 e. The Hall–Kier alpha value is -1.98. The van der Waals surface area contributed by atoms with E-state index in [2.05, 4.69) is 0 Å². The van der Waals surface area contributed by atoms with E-state index in [1.807, 2.05) is 30.3 Å². The first kappa shape index (κ1) is 14.9. The number of rotatable bonds is 4. The summed E-state index contributed by atoms with van der Waals surface area (Å²) in [6.07, 6.45) is 1.19. The molecule has 2 aromatic carbocycles. The lowest BCUT2D eigenvalue weighted by Crippen LogP contribution is -2.07. The molecular weight excluding hydrogens is 316 g/mol. The van der Waals surface area contributed by atoms with E-state index in [-0.39, 0.29) is 11.5 Å². The van der Waals surface area contributed by atoms with Gasteiger partial charge in [-0.05, 0) is 6.07 Å². The van der Waals surface area contributed by atoms with Gasteiger partial charge >= 0.3 is 0 Å². The molecule has 0 bridgehead atoms. The number of sulfone groups is 1. The summed E-state index contributed by atoms with van der Waals surface area (Å²) >= 11 is 1.37. The third kappa shape index (κ3) is 2.96. The van der Waals surface area contributed by atoms with Crippen molar-refractivity contribution in [3.05, 3.63) is 70.6 Å². The third-order valence-corrected chi connectivity index (χ3v) is 5.49. The lowest BCUT2D eigenvalue weighted by atomic mass is 10.0. The Balaban J connectivity index is 2.22. The Labute approximate surface area is 133 Å². The maximum absolute atomic E-state index is 12.8. The van der Waals surface area contributed by atoms with E-state index in [9.17, 15) is 13.2 Å². The monoisotopic (exact) mass is 330 g/mol. The van der Waals surface area contributed by atoms with Crippen molar-refractivity contribution < 1.29 is 13.2 Å². The largest absolute Gasteiger partial charge is 0.289 e. The minimum absolute atomic E-state index is 0.111. The molecule has 112 valence electrons. The highest BCUT2D eigenvalue weighted by molar-refractivity contribution is 7.90. The Bertz CT molecular complexity index is 938. The average Bonchev–Trinajstić information content (AvgIpc) is 2.83. The van der Waals surface area contributed by atoms with Gasteiger partial charge < -0.3 is 0 Å². The van der Waals surface area contributed by atoms with Crippen LogP contribution in [-0.2, 0) is 15.6 Å². The Morgan fingerprint density at radius 3 is 2.32 bits per heavy atom. The van der Waals surface area contributed by atoms with Crippen LogP contribution in [0.3, 0.4) is 0 Å². The zero-order valence-corrected chi connectivity index (χ0v) is 13.6. The van der Waals surface area contributed by atoms with Gasteiger partial charge in [-0.3, -0.25) is 4.79 Å². The van der Waals surface area contributed by atoms with Crippen molar-refractivity contribution in [2.75, 3.05) is 6.26 Å². The van der Waals surface area contributed by atoms with E-state index in [1.54, 1.807) is 24.3 Å². The number of hydrogen-bond donors (Lipinski definition) is 0. The minimum atomic E-state index is -3.20. The summed E-state index contributed by atoms with van der Waals surface area (Å²) in [5.74, 6) is -0.239. The van der Waals surface area contributed by atoms with Gasteiger partial charge in [0.2, 0.25) is 0 Å². The van der Waals surface area contributed by atoms with Gasteiger partial charge in [0, 0.05) is 32.3 Å². The molecule has 0 amide bonds. The zero-order chi connectivity index (χ0) is 15.7. The predicted octanol–water partition coefficient (Wildman–Crippen LogP) is 3.68. The number of hydrogen-bond acceptors (Lipinski definition) is 4. The topological polar surface area (TPSA) is 51.2 Å². The van der Waals surface area contributed by atoms with Crippen LogP contribution in [0.4, 0.5) is 0 Å². The van der Waals surface area contributed by atoms with Gasteiger partial charge in [0.05, 0.1) is 5.75 Å². The normalized spacial score (nSPS) is 11.7. The molecule has 3 nitrogen and oxygen atoms in total. The third-order valence-electron chi connectivity index (χ3n) is 3.32. The first-order valence-corrected chi connectivity index (χ1v) is 9.61. The number of carbonyl (C=O) groups is 1. The zero-order valence-electron chi connectivity index (χ0n) is 11.9. The van der Waals surface area contributed by atoms with E-state index in [0.717, 1.165) is 10.1 Å². The van der Waals surface area contributed by atoms with Crippen molar-refractivity contribution in [3.8, 4) is 0 Å².